The van der Waals surface area contributed by atoms with Crippen LogP contribution in [0.3, 0.4) is 0 Å². The quantitative estimate of drug-likeness (QED) is 0.570. The number of hydrogen-bond donors (Lipinski definition) is 2. The van der Waals surface area contributed by atoms with E-state index in [1.807, 2.05) is 31.2 Å². The molecule has 122 valence electrons. The minimum atomic E-state index is -0.425. The standard InChI is InChI=1S/C18H16N2O4/c1-11-13-5-3-4-6-15(13)24-17(11)18(22)20-19-10-12-7-8-14(21)16(9-12)23-2/h3-10,21H,1-2H3,(H,20,22)/b19-10+. The molecule has 0 aliphatic heterocycles. The molecule has 2 aromatic carbocycles. The van der Waals surface area contributed by atoms with E-state index in [4.69, 9.17) is 9.15 Å². The van der Waals surface area contributed by atoms with Crippen LogP contribution >= 0.6 is 0 Å². The lowest BCUT2D eigenvalue weighted by Crippen LogP contribution is -2.17. The van der Waals surface area contributed by atoms with E-state index in [-0.39, 0.29) is 11.5 Å². The molecule has 0 aliphatic carbocycles. The molecular formula is C18H16N2O4. The number of rotatable bonds is 4. The number of methoxy groups -OCH3 is 1. The van der Waals surface area contributed by atoms with Crippen LogP contribution in [0.25, 0.3) is 11.0 Å². The Morgan fingerprint density at radius 1 is 1.29 bits per heavy atom. The fraction of sp³-hybridized carbons (Fsp3) is 0.111. The van der Waals surface area contributed by atoms with E-state index >= 15 is 0 Å². The fourth-order valence-corrected chi connectivity index (χ4v) is 2.38. The van der Waals surface area contributed by atoms with E-state index < -0.39 is 5.91 Å². The normalized spacial score (nSPS) is 11.1. The molecule has 0 spiro atoms. The summed E-state index contributed by atoms with van der Waals surface area (Å²) in [5.74, 6) is 0.178. The van der Waals surface area contributed by atoms with Crippen LogP contribution in [0.1, 0.15) is 21.7 Å². The highest BCUT2D eigenvalue weighted by Crippen LogP contribution is 2.26. The molecule has 0 saturated carbocycles. The van der Waals surface area contributed by atoms with Gasteiger partial charge < -0.3 is 14.3 Å². The molecule has 0 radical (unpaired) electrons. The van der Waals surface area contributed by atoms with Gasteiger partial charge in [0, 0.05) is 10.9 Å². The predicted octanol–water partition coefficient (Wildman–Crippen LogP) is 3.22. The molecule has 1 heterocycles. The van der Waals surface area contributed by atoms with Crippen LogP contribution in [-0.4, -0.2) is 24.3 Å². The van der Waals surface area contributed by atoms with Crippen LogP contribution in [-0.2, 0) is 0 Å². The lowest BCUT2D eigenvalue weighted by Gasteiger charge is -2.03. The number of carbonyl (C=O) groups excluding carboxylic acids is 1. The maximum Gasteiger partial charge on any atom is 0.307 e. The van der Waals surface area contributed by atoms with Crippen molar-refractivity contribution in [3.8, 4) is 11.5 Å². The first kappa shape index (κ1) is 15.6. The highest BCUT2D eigenvalue weighted by molar-refractivity contribution is 5.99. The average molecular weight is 324 g/mol. The van der Waals surface area contributed by atoms with E-state index in [0.29, 0.717) is 16.9 Å². The molecule has 6 nitrogen and oxygen atoms in total. The Morgan fingerprint density at radius 3 is 2.83 bits per heavy atom. The van der Waals surface area contributed by atoms with E-state index in [2.05, 4.69) is 10.5 Å². The van der Waals surface area contributed by atoms with Gasteiger partial charge in [-0.15, -0.1) is 0 Å². The number of fused-ring (bicyclic) bond motifs is 1. The van der Waals surface area contributed by atoms with Crippen molar-refractivity contribution in [2.75, 3.05) is 7.11 Å². The number of hydrazone groups is 1. The minimum Gasteiger partial charge on any atom is -0.504 e. The zero-order valence-electron chi connectivity index (χ0n) is 13.2. The Morgan fingerprint density at radius 2 is 2.08 bits per heavy atom. The SMILES string of the molecule is COc1cc(/C=N/NC(=O)c2oc3ccccc3c2C)ccc1O. The van der Waals surface area contributed by atoms with Gasteiger partial charge in [0.25, 0.3) is 0 Å². The van der Waals surface area contributed by atoms with Crippen molar-refractivity contribution in [1.29, 1.82) is 0 Å². The van der Waals surface area contributed by atoms with Gasteiger partial charge in [-0.05, 0) is 36.8 Å². The molecule has 2 N–H and O–H groups in total. The first-order valence-electron chi connectivity index (χ1n) is 7.28. The molecule has 24 heavy (non-hydrogen) atoms. The molecule has 0 unspecified atom stereocenters. The van der Waals surface area contributed by atoms with Crippen molar-refractivity contribution in [2.45, 2.75) is 6.92 Å². The summed E-state index contributed by atoms with van der Waals surface area (Å²) in [6, 6.07) is 12.2. The van der Waals surface area contributed by atoms with Gasteiger partial charge in [-0.3, -0.25) is 4.79 Å². The zero-order chi connectivity index (χ0) is 17.1. The van der Waals surface area contributed by atoms with Gasteiger partial charge >= 0.3 is 5.91 Å². The number of phenols is 1. The minimum absolute atomic E-state index is 0.0385. The fourth-order valence-electron chi connectivity index (χ4n) is 2.38. The van der Waals surface area contributed by atoms with Gasteiger partial charge in [0.15, 0.2) is 17.3 Å². The molecule has 0 saturated heterocycles. The number of amides is 1. The van der Waals surface area contributed by atoms with Crippen LogP contribution in [0.15, 0.2) is 52.0 Å². The summed E-state index contributed by atoms with van der Waals surface area (Å²) in [7, 11) is 1.46. The van der Waals surface area contributed by atoms with E-state index in [1.165, 1.54) is 19.4 Å². The average Bonchev–Trinajstić information content (AvgIpc) is 2.93. The summed E-state index contributed by atoms with van der Waals surface area (Å²) in [5.41, 5.74) is 4.54. The van der Waals surface area contributed by atoms with Crippen LogP contribution in [0.5, 0.6) is 11.5 Å². The molecule has 0 atom stereocenters. The first-order chi connectivity index (χ1) is 11.6. The topological polar surface area (TPSA) is 84.1 Å². The molecule has 1 aromatic heterocycles. The van der Waals surface area contributed by atoms with Crippen molar-refractivity contribution in [1.82, 2.24) is 5.43 Å². The molecule has 3 aromatic rings. The van der Waals surface area contributed by atoms with Gasteiger partial charge in [0.05, 0.1) is 13.3 Å². The van der Waals surface area contributed by atoms with Crippen LogP contribution in [0, 0.1) is 6.92 Å². The number of nitrogens with one attached hydrogen (secondary N) is 1. The third-order valence-corrected chi connectivity index (χ3v) is 3.63. The smallest absolute Gasteiger partial charge is 0.307 e. The maximum atomic E-state index is 12.2. The highest BCUT2D eigenvalue weighted by atomic mass is 16.5. The number of aryl methyl sites for hydroxylation is 1. The van der Waals surface area contributed by atoms with Crippen LogP contribution < -0.4 is 10.2 Å². The summed E-state index contributed by atoms with van der Waals surface area (Å²) >= 11 is 0. The number of ether oxygens (including phenoxy) is 1. The number of para-hydroxylation sites is 1. The van der Waals surface area contributed by atoms with Gasteiger partial charge in [0.1, 0.15) is 5.58 Å². The Bertz CT molecular complexity index is 928. The van der Waals surface area contributed by atoms with Crippen molar-refractivity contribution < 1.29 is 19.1 Å². The number of aromatic hydroxyl groups is 1. The predicted molar refractivity (Wildman–Crippen MR) is 90.7 cm³/mol. The van der Waals surface area contributed by atoms with Gasteiger partial charge in [-0.2, -0.15) is 5.10 Å². The van der Waals surface area contributed by atoms with Crippen molar-refractivity contribution in [3.05, 3.63) is 59.4 Å². The third kappa shape index (κ3) is 2.94. The summed E-state index contributed by atoms with van der Waals surface area (Å²) in [5, 5.41) is 14.4. The Balaban J connectivity index is 1.76. The largest absolute Gasteiger partial charge is 0.504 e. The number of benzene rings is 2. The number of phenolic OH excluding ortho intramolecular Hbond substituents is 1. The molecule has 6 heteroatoms. The Labute approximate surface area is 138 Å². The van der Waals surface area contributed by atoms with Crippen molar-refractivity contribution in [3.63, 3.8) is 0 Å². The molecule has 0 fully saturated rings. The zero-order valence-corrected chi connectivity index (χ0v) is 13.2. The number of hydrogen-bond acceptors (Lipinski definition) is 5. The lowest BCUT2D eigenvalue weighted by molar-refractivity contribution is 0.0929. The van der Waals surface area contributed by atoms with Crippen LogP contribution in [0.4, 0.5) is 0 Å². The van der Waals surface area contributed by atoms with E-state index in [0.717, 1.165) is 10.9 Å². The molecule has 3 rings (SSSR count). The summed E-state index contributed by atoms with van der Waals surface area (Å²) in [6.45, 7) is 1.83. The highest BCUT2D eigenvalue weighted by Gasteiger charge is 2.16. The molecule has 1 amide bonds. The van der Waals surface area contributed by atoms with Crippen molar-refractivity contribution in [2.24, 2.45) is 5.10 Å². The molecular weight excluding hydrogens is 308 g/mol. The summed E-state index contributed by atoms with van der Waals surface area (Å²) < 4.78 is 10.6. The molecule has 0 bridgehead atoms. The van der Waals surface area contributed by atoms with Gasteiger partial charge in [0.2, 0.25) is 0 Å². The lowest BCUT2D eigenvalue weighted by atomic mass is 10.1. The second kappa shape index (κ2) is 6.45. The summed E-state index contributed by atoms with van der Waals surface area (Å²) in [6.07, 6.45) is 1.46. The van der Waals surface area contributed by atoms with Crippen molar-refractivity contribution >= 4 is 23.1 Å². The number of carbonyl (C=O) groups is 1. The maximum absolute atomic E-state index is 12.2. The first-order valence-corrected chi connectivity index (χ1v) is 7.28. The summed E-state index contributed by atoms with van der Waals surface area (Å²) in [4.78, 5) is 12.2. The Kier molecular flexibility index (Phi) is 4.20. The van der Waals surface area contributed by atoms with E-state index in [9.17, 15) is 9.90 Å². The number of furan rings is 1. The van der Waals surface area contributed by atoms with E-state index in [1.54, 1.807) is 12.1 Å². The second-order valence-corrected chi connectivity index (χ2v) is 5.18. The van der Waals surface area contributed by atoms with Gasteiger partial charge in [-0.1, -0.05) is 18.2 Å². The number of nitrogens with zero attached hydrogens (tertiary/aromatic N) is 1. The molecule has 0 aliphatic rings. The Hall–Kier alpha value is -3.28. The van der Waals surface area contributed by atoms with Gasteiger partial charge in [-0.25, -0.2) is 5.43 Å². The monoisotopic (exact) mass is 324 g/mol. The third-order valence-electron chi connectivity index (χ3n) is 3.63. The van der Waals surface area contributed by atoms with Crippen LogP contribution in [0.2, 0.25) is 0 Å². The second-order valence-electron chi connectivity index (χ2n) is 5.18.